The minimum absolute atomic E-state index is 0.00328. The SMILES string of the molecule is Cn1cc(C2C[C@H](N)c3cc(Br)ccc3O2)cn1. The van der Waals surface area contributed by atoms with Crippen molar-refractivity contribution < 1.29 is 4.74 Å². The average molecular weight is 308 g/mol. The van der Waals surface area contributed by atoms with Crippen LogP contribution in [0.15, 0.2) is 35.1 Å². The van der Waals surface area contributed by atoms with Gasteiger partial charge in [0.1, 0.15) is 11.9 Å². The third-order valence-electron chi connectivity index (χ3n) is 3.21. The van der Waals surface area contributed by atoms with Gasteiger partial charge < -0.3 is 10.5 Å². The fraction of sp³-hybridized carbons (Fsp3) is 0.308. The van der Waals surface area contributed by atoms with Gasteiger partial charge in [0.25, 0.3) is 0 Å². The van der Waals surface area contributed by atoms with Crippen molar-refractivity contribution in [2.75, 3.05) is 0 Å². The van der Waals surface area contributed by atoms with E-state index in [0.717, 1.165) is 27.8 Å². The van der Waals surface area contributed by atoms with Gasteiger partial charge in [0.15, 0.2) is 0 Å². The first kappa shape index (κ1) is 11.7. The van der Waals surface area contributed by atoms with E-state index in [9.17, 15) is 0 Å². The number of hydrogen-bond donors (Lipinski definition) is 1. The van der Waals surface area contributed by atoms with Crippen molar-refractivity contribution >= 4 is 15.9 Å². The smallest absolute Gasteiger partial charge is 0.129 e. The molecule has 2 aromatic rings. The molecule has 0 fully saturated rings. The molecule has 0 spiro atoms. The Bertz CT molecular complexity index is 581. The number of benzene rings is 1. The maximum absolute atomic E-state index is 6.22. The van der Waals surface area contributed by atoms with Crippen LogP contribution in [-0.2, 0) is 7.05 Å². The summed E-state index contributed by atoms with van der Waals surface area (Å²) in [5.41, 5.74) is 8.35. The van der Waals surface area contributed by atoms with Gasteiger partial charge >= 0.3 is 0 Å². The van der Waals surface area contributed by atoms with Gasteiger partial charge in [0, 0.05) is 41.3 Å². The summed E-state index contributed by atoms with van der Waals surface area (Å²) < 4.78 is 8.81. The van der Waals surface area contributed by atoms with E-state index in [1.165, 1.54) is 0 Å². The summed E-state index contributed by atoms with van der Waals surface area (Å²) in [4.78, 5) is 0. The highest BCUT2D eigenvalue weighted by atomic mass is 79.9. The standard InChI is InChI=1S/C13H14BrN3O/c1-17-7-8(6-16-17)13-5-11(15)10-4-9(14)2-3-12(10)18-13/h2-4,6-7,11,13H,5,15H2,1H3/t11-,13?/m0/s1. The summed E-state index contributed by atoms with van der Waals surface area (Å²) in [6.07, 6.45) is 4.57. The Morgan fingerprint density at radius 2 is 2.33 bits per heavy atom. The van der Waals surface area contributed by atoms with Crippen LogP contribution in [0.5, 0.6) is 5.75 Å². The molecule has 0 aliphatic carbocycles. The van der Waals surface area contributed by atoms with Crippen LogP contribution >= 0.6 is 15.9 Å². The average Bonchev–Trinajstić information content (AvgIpc) is 2.77. The van der Waals surface area contributed by atoms with Gasteiger partial charge in [-0.15, -0.1) is 0 Å². The van der Waals surface area contributed by atoms with E-state index in [1.807, 2.05) is 37.6 Å². The third kappa shape index (κ3) is 2.04. The van der Waals surface area contributed by atoms with Crippen LogP contribution in [0.25, 0.3) is 0 Å². The van der Waals surface area contributed by atoms with Crippen molar-refractivity contribution in [3.8, 4) is 5.75 Å². The molecule has 2 N–H and O–H groups in total. The second-order valence-electron chi connectivity index (χ2n) is 4.58. The molecule has 4 nitrogen and oxygen atoms in total. The molecule has 1 aliphatic heterocycles. The highest BCUT2D eigenvalue weighted by Crippen LogP contribution is 2.40. The fourth-order valence-electron chi connectivity index (χ4n) is 2.29. The van der Waals surface area contributed by atoms with Gasteiger partial charge in [0.2, 0.25) is 0 Å². The molecular weight excluding hydrogens is 294 g/mol. The van der Waals surface area contributed by atoms with Crippen molar-refractivity contribution in [1.29, 1.82) is 0 Å². The molecule has 94 valence electrons. The predicted molar refractivity (Wildman–Crippen MR) is 72.3 cm³/mol. The van der Waals surface area contributed by atoms with Crippen molar-refractivity contribution in [3.63, 3.8) is 0 Å². The Labute approximate surface area is 114 Å². The summed E-state index contributed by atoms with van der Waals surface area (Å²) in [6.45, 7) is 0. The largest absolute Gasteiger partial charge is 0.485 e. The normalized spacial score (nSPS) is 22.4. The fourth-order valence-corrected chi connectivity index (χ4v) is 2.66. The first-order chi connectivity index (χ1) is 8.63. The molecule has 1 aromatic heterocycles. The zero-order chi connectivity index (χ0) is 12.7. The number of nitrogens with two attached hydrogens (primary N) is 1. The van der Waals surface area contributed by atoms with Crippen LogP contribution in [0.1, 0.15) is 29.7 Å². The lowest BCUT2D eigenvalue weighted by molar-refractivity contribution is 0.161. The Morgan fingerprint density at radius 1 is 1.50 bits per heavy atom. The Balaban J connectivity index is 1.94. The zero-order valence-electron chi connectivity index (χ0n) is 10.0. The second-order valence-corrected chi connectivity index (χ2v) is 5.49. The maximum Gasteiger partial charge on any atom is 0.129 e. The molecule has 0 saturated carbocycles. The van der Waals surface area contributed by atoms with Crippen LogP contribution in [-0.4, -0.2) is 9.78 Å². The van der Waals surface area contributed by atoms with E-state index in [0.29, 0.717) is 0 Å². The van der Waals surface area contributed by atoms with E-state index in [4.69, 9.17) is 10.5 Å². The molecule has 2 atom stereocenters. The summed E-state index contributed by atoms with van der Waals surface area (Å²) in [6, 6.07) is 5.95. The number of aryl methyl sites for hydroxylation is 1. The second kappa shape index (κ2) is 4.40. The van der Waals surface area contributed by atoms with Crippen molar-refractivity contribution in [1.82, 2.24) is 9.78 Å². The topological polar surface area (TPSA) is 53.1 Å². The minimum atomic E-state index is -0.0117. The molecule has 1 aliphatic rings. The van der Waals surface area contributed by atoms with Crippen LogP contribution in [0.4, 0.5) is 0 Å². The highest BCUT2D eigenvalue weighted by molar-refractivity contribution is 9.10. The summed E-state index contributed by atoms with van der Waals surface area (Å²) in [7, 11) is 1.90. The Morgan fingerprint density at radius 3 is 3.06 bits per heavy atom. The number of rotatable bonds is 1. The van der Waals surface area contributed by atoms with Crippen LogP contribution < -0.4 is 10.5 Å². The van der Waals surface area contributed by atoms with E-state index in [2.05, 4.69) is 21.0 Å². The van der Waals surface area contributed by atoms with Gasteiger partial charge in [-0.3, -0.25) is 4.68 Å². The molecule has 0 saturated heterocycles. The third-order valence-corrected chi connectivity index (χ3v) is 3.70. The van der Waals surface area contributed by atoms with Crippen molar-refractivity contribution in [2.24, 2.45) is 12.8 Å². The maximum atomic E-state index is 6.22. The monoisotopic (exact) mass is 307 g/mol. The number of nitrogens with zero attached hydrogens (tertiary/aromatic N) is 2. The highest BCUT2D eigenvalue weighted by Gasteiger charge is 2.27. The first-order valence-corrected chi connectivity index (χ1v) is 6.63. The van der Waals surface area contributed by atoms with Crippen molar-refractivity contribution in [3.05, 3.63) is 46.2 Å². The van der Waals surface area contributed by atoms with Gasteiger partial charge in [-0.1, -0.05) is 15.9 Å². The van der Waals surface area contributed by atoms with E-state index >= 15 is 0 Å². The number of halogens is 1. The minimum Gasteiger partial charge on any atom is -0.485 e. The summed E-state index contributed by atoms with van der Waals surface area (Å²) in [5, 5.41) is 4.18. The molecule has 1 aromatic carbocycles. The zero-order valence-corrected chi connectivity index (χ0v) is 11.6. The number of aromatic nitrogens is 2. The molecule has 5 heteroatoms. The summed E-state index contributed by atoms with van der Waals surface area (Å²) in [5.74, 6) is 0.866. The van der Waals surface area contributed by atoms with E-state index < -0.39 is 0 Å². The molecule has 0 amide bonds. The van der Waals surface area contributed by atoms with Crippen LogP contribution in [0, 0.1) is 0 Å². The van der Waals surface area contributed by atoms with Crippen molar-refractivity contribution in [2.45, 2.75) is 18.6 Å². The van der Waals surface area contributed by atoms with Gasteiger partial charge in [-0.2, -0.15) is 5.10 Å². The molecule has 1 unspecified atom stereocenters. The molecule has 2 heterocycles. The van der Waals surface area contributed by atoms with Gasteiger partial charge in [-0.05, 0) is 18.2 Å². The van der Waals surface area contributed by atoms with E-state index in [-0.39, 0.29) is 12.1 Å². The molecule has 3 rings (SSSR count). The van der Waals surface area contributed by atoms with Gasteiger partial charge in [0.05, 0.1) is 6.20 Å². The van der Waals surface area contributed by atoms with Gasteiger partial charge in [-0.25, -0.2) is 0 Å². The van der Waals surface area contributed by atoms with Crippen LogP contribution in [0.2, 0.25) is 0 Å². The summed E-state index contributed by atoms with van der Waals surface area (Å²) >= 11 is 3.46. The van der Waals surface area contributed by atoms with E-state index in [1.54, 1.807) is 4.68 Å². The lowest BCUT2D eigenvalue weighted by atomic mass is 9.95. The number of ether oxygens (including phenoxy) is 1. The predicted octanol–water partition coefficient (Wildman–Crippen LogP) is 2.71. The molecular formula is C13H14BrN3O. The lowest BCUT2D eigenvalue weighted by Gasteiger charge is -2.29. The quantitative estimate of drug-likeness (QED) is 0.881. The molecule has 0 radical (unpaired) electrons. The number of hydrogen-bond acceptors (Lipinski definition) is 3. The Kier molecular flexibility index (Phi) is 2.87. The lowest BCUT2D eigenvalue weighted by Crippen LogP contribution is -2.23. The molecule has 0 bridgehead atoms. The number of fused-ring (bicyclic) bond motifs is 1. The molecule has 18 heavy (non-hydrogen) atoms. The first-order valence-electron chi connectivity index (χ1n) is 5.83. The Hall–Kier alpha value is -1.33. The van der Waals surface area contributed by atoms with Crippen LogP contribution in [0.3, 0.4) is 0 Å².